The van der Waals surface area contributed by atoms with Crippen molar-refractivity contribution in [1.29, 1.82) is 0 Å². The first kappa shape index (κ1) is 12.9. The lowest BCUT2D eigenvalue weighted by molar-refractivity contribution is -0.122. The third-order valence-corrected chi connectivity index (χ3v) is 3.17. The molecule has 98 valence electrons. The zero-order valence-corrected chi connectivity index (χ0v) is 11.0. The molecule has 1 aliphatic rings. The number of amides is 1. The van der Waals surface area contributed by atoms with Gasteiger partial charge in [-0.15, -0.1) is 0 Å². The molecule has 2 rings (SSSR count). The Balaban J connectivity index is 2.06. The molecule has 1 atom stereocenters. The Morgan fingerprint density at radius 2 is 2.17 bits per heavy atom. The van der Waals surface area contributed by atoms with Crippen LogP contribution in [-0.4, -0.2) is 32.3 Å². The van der Waals surface area contributed by atoms with E-state index in [1.165, 1.54) is 0 Å². The minimum Gasteiger partial charge on any atom is -0.496 e. The van der Waals surface area contributed by atoms with Crippen molar-refractivity contribution < 1.29 is 14.3 Å². The summed E-state index contributed by atoms with van der Waals surface area (Å²) in [5.41, 5.74) is 0.904. The van der Waals surface area contributed by atoms with Crippen molar-refractivity contribution in [3.8, 4) is 5.75 Å². The summed E-state index contributed by atoms with van der Waals surface area (Å²) >= 11 is 0. The lowest BCUT2D eigenvalue weighted by atomic mass is 9.84. The Kier molecular flexibility index (Phi) is 3.57. The second-order valence-corrected chi connectivity index (χ2v) is 5.12. The molecule has 1 saturated heterocycles. The number of rotatable bonds is 5. The molecule has 18 heavy (non-hydrogen) atoms. The fraction of sp³-hybridized carbons (Fsp3) is 0.500. The number of methoxy groups -OCH3 is 1. The van der Waals surface area contributed by atoms with Crippen LogP contribution < -0.4 is 10.1 Å². The maximum Gasteiger partial charge on any atom is 0.251 e. The van der Waals surface area contributed by atoms with Crippen LogP contribution in [0, 0.1) is 0 Å². The maximum absolute atomic E-state index is 11.6. The van der Waals surface area contributed by atoms with Crippen molar-refractivity contribution >= 4 is 5.91 Å². The van der Waals surface area contributed by atoms with Gasteiger partial charge in [0, 0.05) is 17.5 Å². The SMILES string of the molecule is COc1ccccc1C(C)(C)CNC(=O)C1CO1. The van der Waals surface area contributed by atoms with Crippen molar-refractivity contribution in [3.63, 3.8) is 0 Å². The summed E-state index contributed by atoms with van der Waals surface area (Å²) in [5, 5.41) is 2.92. The fourth-order valence-corrected chi connectivity index (χ4v) is 1.92. The van der Waals surface area contributed by atoms with Gasteiger partial charge in [0.15, 0.2) is 6.10 Å². The number of hydrogen-bond acceptors (Lipinski definition) is 3. The predicted molar refractivity (Wildman–Crippen MR) is 68.8 cm³/mol. The predicted octanol–water partition coefficient (Wildman–Crippen LogP) is 1.49. The Morgan fingerprint density at radius 3 is 2.78 bits per heavy atom. The van der Waals surface area contributed by atoms with Crippen LogP contribution in [-0.2, 0) is 14.9 Å². The third kappa shape index (κ3) is 2.82. The minimum absolute atomic E-state index is 0.0297. The minimum atomic E-state index is -0.238. The van der Waals surface area contributed by atoms with E-state index in [0.29, 0.717) is 13.2 Å². The van der Waals surface area contributed by atoms with Crippen LogP contribution in [0.4, 0.5) is 0 Å². The summed E-state index contributed by atoms with van der Waals surface area (Å²) < 4.78 is 10.3. The number of epoxide rings is 1. The van der Waals surface area contributed by atoms with E-state index in [1.54, 1.807) is 7.11 Å². The highest BCUT2D eigenvalue weighted by molar-refractivity contribution is 5.82. The van der Waals surface area contributed by atoms with Gasteiger partial charge in [-0.25, -0.2) is 0 Å². The van der Waals surface area contributed by atoms with Gasteiger partial charge in [-0.3, -0.25) is 4.79 Å². The summed E-state index contributed by atoms with van der Waals surface area (Å²) in [6.45, 7) is 5.27. The van der Waals surface area contributed by atoms with E-state index < -0.39 is 0 Å². The van der Waals surface area contributed by atoms with Crippen molar-refractivity contribution in [2.75, 3.05) is 20.3 Å². The molecule has 0 saturated carbocycles. The van der Waals surface area contributed by atoms with Crippen molar-refractivity contribution in [2.24, 2.45) is 0 Å². The zero-order valence-electron chi connectivity index (χ0n) is 11.0. The molecule has 1 fully saturated rings. The van der Waals surface area contributed by atoms with Gasteiger partial charge in [0.2, 0.25) is 0 Å². The van der Waals surface area contributed by atoms with Gasteiger partial charge in [-0.1, -0.05) is 32.0 Å². The molecule has 4 heteroatoms. The number of ether oxygens (including phenoxy) is 2. The lowest BCUT2D eigenvalue weighted by Crippen LogP contribution is -2.38. The first-order valence-electron chi connectivity index (χ1n) is 6.07. The van der Waals surface area contributed by atoms with Crippen molar-refractivity contribution in [2.45, 2.75) is 25.4 Å². The average molecular weight is 249 g/mol. The van der Waals surface area contributed by atoms with Gasteiger partial charge >= 0.3 is 0 Å². The van der Waals surface area contributed by atoms with Gasteiger partial charge in [-0.05, 0) is 6.07 Å². The molecule has 1 heterocycles. The van der Waals surface area contributed by atoms with Gasteiger partial charge in [0.1, 0.15) is 5.75 Å². The number of hydrogen-bond donors (Lipinski definition) is 1. The summed E-state index contributed by atoms with van der Waals surface area (Å²) in [6.07, 6.45) is -0.238. The highest BCUT2D eigenvalue weighted by Gasteiger charge is 2.33. The van der Waals surface area contributed by atoms with E-state index in [9.17, 15) is 4.79 Å². The van der Waals surface area contributed by atoms with Gasteiger partial charge in [-0.2, -0.15) is 0 Å². The first-order valence-corrected chi connectivity index (χ1v) is 6.07. The quantitative estimate of drug-likeness (QED) is 0.804. The van der Waals surface area contributed by atoms with Gasteiger partial charge in [0.05, 0.1) is 13.7 Å². The van der Waals surface area contributed by atoms with Gasteiger partial charge < -0.3 is 14.8 Å². The highest BCUT2D eigenvalue weighted by atomic mass is 16.6. The molecule has 0 aliphatic carbocycles. The summed E-state index contributed by atoms with van der Waals surface area (Å²) in [6, 6.07) is 7.88. The summed E-state index contributed by atoms with van der Waals surface area (Å²) in [7, 11) is 1.66. The van der Waals surface area contributed by atoms with E-state index >= 15 is 0 Å². The van der Waals surface area contributed by atoms with Crippen molar-refractivity contribution in [3.05, 3.63) is 29.8 Å². The van der Waals surface area contributed by atoms with Crippen LogP contribution in [0.25, 0.3) is 0 Å². The topological polar surface area (TPSA) is 50.9 Å². The van der Waals surface area contributed by atoms with Crippen LogP contribution in [0.5, 0.6) is 5.75 Å². The first-order chi connectivity index (χ1) is 8.54. The smallest absolute Gasteiger partial charge is 0.251 e. The van der Waals surface area contributed by atoms with Crippen LogP contribution in [0.2, 0.25) is 0 Å². The molecule has 1 amide bonds. The molecule has 1 aromatic rings. The monoisotopic (exact) mass is 249 g/mol. The van der Waals surface area contributed by atoms with Crippen LogP contribution in [0.1, 0.15) is 19.4 Å². The number of carbonyl (C=O) groups is 1. The molecule has 0 spiro atoms. The normalized spacial score (nSPS) is 18.3. The van der Waals surface area contributed by atoms with Crippen LogP contribution in [0.3, 0.4) is 0 Å². The molecule has 4 nitrogen and oxygen atoms in total. The van der Waals surface area contributed by atoms with E-state index in [-0.39, 0.29) is 17.4 Å². The number of nitrogens with one attached hydrogen (secondary N) is 1. The maximum atomic E-state index is 11.6. The average Bonchev–Trinajstić information content (AvgIpc) is 3.20. The number of benzene rings is 1. The number of carbonyl (C=O) groups excluding carboxylic acids is 1. The lowest BCUT2D eigenvalue weighted by Gasteiger charge is -2.27. The summed E-state index contributed by atoms with van der Waals surface area (Å²) in [4.78, 5) is 11.6. The second-order valence-electron chi connectivity index (χ2n) is 5.12. The Morgan fingerprint density at radius 1 is 1.50 bits per heavy atom. The van der Waals surface area contributed by atoms with E-state index in [1.807, 2.05) is 24.3 Å². The molecule has 1 unspecified atom stereocenters. The molecular weight excluding hydrogens is 230 g/mol. The molecule has 1 aromatic carbocycles. The fourth-order valence-electron chi connectivity index (χ4n) is 1.92. The van der Waals surface area contributed by atoms with E-state index in [0.717, 1.165) is 11.3 Å². The molecule has 1 aliphatic heterocycles. The molecule has 0 aromatic heterocycles. The third-order valence-electron chi connectivity index (χ3n) is 3.17. The van der Waals surface area contributed by atoms with Crippen LogP contribution >= 0.6 is 0 Å². The summed E-state index contributed by atoms with van der Waals surface area (Å²) in [5.74, 6) is 0.817. The largest absolute Gasteiger partial charge is 0.496 e. The van der Waals surface area contributed by atoms with E-state index in [2.05, 4.69) is 19.2 Å². The molecule has 1 N–H and O–H groups in total. The van der Waals surface area contributed by atoms with Crippen molar-refractivity contribution in [1.82, 2.24) is 5.32 Å². The molecular formula is C14H19NO3. The number of para-hydroxylation sites is 1. The second kappa shape index (κ2) is 4.98. The van der Waals surface area contributed by atoms with E-state index in [4.69, 9.17) is 9.47 Å². The van der Waals surface area contributed by atoms with Gasteiger partial charge in [0.25, 0.3) is 5.91 Å². The molecule has 0 bridgehead atoms. The Bertz CT molecular complexity index is 438. The molecule has 0 radical (unpaired) electrons. The highest BCUT2D eigenvalue weighted by Crippen LogP contribution is 2.30. The Hall–Kier alpha value is -1.55. The Labute approximate surface area is 107 Å². The van der Waals surface area contributed by atoms with Crippen LogP contribution in [0.15, 0.2) is 24.3 Å². The standard InChI is InChI=1S/C14H19NO3/c1-14(2,9-15-13(16)12-8-18-12)10-6-4-5-7-11(10)17-3/h4-7,12H,8-9H2,1-3H3,(H,15,16). The zero-order chi connectivity index (χ0) is 13.2.